The van der Waals surface area contributed by atoms with Crippen LogP contribution in [0.2, 0.25) is 0 Å². The number of aliphatic carboxylic acids is 1. The summed E-state index contributed by atoms with van der Waals surface area (Å²) in [5.74, 6) is 0.0192. The maximum absolute atomic E-state index is 12.7. The SMILES string of the molecule is COc1ccc2c(c1)C=C(C(=O)NC1(C(=O)O)CCCCCC1)CO2. The standard InChI is InChI=1S/C19H23NO5/c1-24-15-6-7-16-13(11-15)10-14(12-25-16)17(21)20-19(18(22)23)8-4-2-3-5-9-19/h6-7,10-11H,2-5,8-9,12H2,1H3,(H,20,21)(H,22,23). The number of benzene rings is 1. The van der Waals surface area contributed by atoms with Crippen molar-refractivity contribution in [2.45, 2.75) is 44.1 Å². The van der Waals surface area contributed by atoms with Gasteiger partial charge in [-0.15, -0.1) is 0 Å². The van der Waals surface area contributed by atoms with Gasteiger partial charge < -0.3 is 19.9 Å². The van der Waals surface area contributed by atoms with Crippen molar-refractivity contribution < 1.29 is 24.2 Å². The Balaban J connectivity index is 1.82. The normalized spacial score (nSPS) is 18.8. The molecule has 6 nitrogen and oxygen atoms in total. The molecular formula is C19H23NO5. The first kappa shape index (κ1) is 17.3. The third-order valence-electron chi connectivity index (χ3n) is 4.94. The van der Waals surface area contributed by atoms with Gasteiger partial charge in [0.25, 0.3) is 5.91 Å². The molecular weight excluding hydrogens is 322 g/mol. The fourth-order valence-corrected chi connectivity index (χ4v) is 3.44. The summed E-state index contributed by atoms with van der Waals surface area (Å²) in [6.45, 7) is 0.126. The molecule has 0 spiro atoms. The molecule has 134 valence electrons. The van der Waals surface area contributed by atoms with E-state index in [0.717, 1.165) is 31.2 Å². The summed E-state index contributed by atoms with van der Waals surface area (Å²) in [4.78, 5) is 24.5. The lowest BCUT2D eigenvalue weighted by Crippen LogP contribution is -2.55. The number of carbonyl (C=O) groups excluding carboxylic acids is 1. The zero-order valence-electron chi connectivity index (χ0n) is 14.3. The molecule has 1 saturated carbocycles. The second-order valence-electron chi connectivity index (χ2n) is 6.62. The van der Waals surface area contributed by atoms with Gasteiger partial charge in [0.2, 0.25) is 0 Å². The first-order chi connectivity index (χ1) is 12.0. The van der Waals surface area contributed by atoms with Crippen molar-refractivity contribution in [2.24, 2.45) is 0 Å². The molecule has 0 unspecified atom stereocenters. The van der Waals surface area contributed by atoms with E-state index in [9.17, 15) is 14.7 Å². The number of methoxy groups -OCH3 is 1. The Morgan fingerprint density at radius 1 is 1.20 bits per heavy atom. The van der Waals surface area contributed by atoms with Crippen LogP contribution in [0.25, 0.3) is 6.08 Å². The van der Waals surface area contributed by atoms with Gasteiger partial charge in [-0.05, 0) is 37.1 Å². The molecule has 0 bridgehead atoms. The Morgan fingerprint density at radius 3 is 2.56 bits per heavy atom. The molecule has 0 atom stereocenters. The van der Waals surface area contributed by atoms with E-state index in [1.165, 1.54) is 0 Å². The second kappa shape index (κ2) is 7.17. The predicted molar refractivity (Wildman–Crippen MR) is 92.7 cm³/mol. The largest absolute Gasteiger partial charge is 0.497 e. The summed E-state index contributed by atoms with van der Waals surface area (Å²) < 4.78 is 10.8. The van der Waals surface area contributed by atoms with Gasteiger partial charge in [-0.3, -0.25) is 4.79 Å². The third-order valence-corrected chi connectivity index (χ3v) is 4.94. The highest BCUT2D eigenvalue weighted by atomic mass is 16.5. The van der Waals surface area contributed by atoms with Crippen LogP contribution in [0.5, 0.6) is 11.5 Å². The topological polar surface area (TPSA) is 84.9 Å². The first-order valence-electron chi connectivity index (χ1n) is 8.61. The predicted octanol–water partition coefficient (Wildman–Crippen LogP) is 2.76. The number of carboxylic acids is 1. The van der Waals surface area contributed by atoms with Crippen LogP contribution < -0.4 is 14.8 Å². The number of carboxylic acid groups (broad SMARTS) is 1. The molecule has 6 heteroatoms. The summed E-state index contributed by atoms with van der Waals surface area (Å²) in [5.41, 5.74) is -0.00471. The van der Waals surface area contributed by atoms with Crippen molar-refractivity contribution in [1.29, 1.82) is 0 Å². The smallest absolute Gasteiger partial charge is 0.329 e. The fraction of sp³-hybridized carbons (Fsp3) is 0.474. The molecule has 0 aromatic heterocycles. The molecule has 1 heterocycles. The molecule has 0 radical (unpaired) electrons. The van der Waals surface area contributed by atoms with Gasteiger partial charge in [0.1, 0.15) is 23.6 Å². The highest BCUT2D eigenvalue weighted by Crippen LogP contribution is 2.31. The van der Waals surface area contributed by atoms with E-state index in [2.05, 4.69) is 5.32 Å². The van der Waals surface area contributed by atoms with Crippen LogP contribution in [0.1, 0.15) is 44.1 Å². The van der Waals surface area contributed by atoms with Crippen LogP contribution in [0.4, 0.5) is 0 Å². The van der Waals surface area contributed by atoms with Crippen LogP contribution in [0.15, 0.2) is 23.8 Å². The van der Waals surface area contributed by atoms with Crippen molar-refractivity contribution in [3.63, 3.8) is 0 Å². The van der Waals surface area contributed by atoms with E-state index in [1.54, 1.807) is 31.4 Å². The number of amides is 1. The van der Waals surface area contributed by atoms with Gasteiger partial charge in [-0.1, -0.05) is 25.7 Å². The maximum Gasteiger partial charge on any atom is 0.329 e. The minimum Gasteiger partial charge on any atom is -0.497 e. The van der Waals surface area contributed by atoms with Crippen LogP contribution in [0, 0.1) is 0 Å². The average molecular weight is 345 g/mol. The summed E-state index contributed by atoms with van der Waals surface area (Å²) in [6, 6.07) is 5.38. The molecule has 3 rings (SSSR count). The van der Waals surface area contributed by atoms with Gasteiger partial charge in [-0.25, -0.2) is 4.79 Å². The average Bonchev–Trinajstić information content (AvgIpc) is 2.87. The maximum atomic E-state index is 12.7. The first-order valence-corrected chi connectivity index (χ1v) is 8.61. The third kappa shape index (κ3) is 3.62. The van der Waals surface area contributed by atoms with Crippen molar-refractivity contribution in [2.75, 3.05) is 13.7 Å². The Hall–Kier alpha value is -2.50. The highest BCUT2D eigenvalue weighted by molar-refractivity contribution is 6.01. The molecule has 2 N–H and O–H groups in total. The highest BCUT2D eigenvalue weighted by Gasteiger charge is 2.40. The van der Waals surface area contributed by atoms with Crippen molar-refractivity contribution in [3.05, 3.63) is 29.3 Å². The molecule has 1 aromatic carbocycles. The monoisotopic (exact) mass is 345 g/mol. The lowest BCUT2D eigenvalue weighted by molar-refractivity contribution is -0.147. The summed E-state index contributed by atoms with van der Waals surface area (Å²) in [7, 11) is 1.57. The summed E-state index contributed by atoms with van der Waals surface area (Å²) in [5, 5.41) is 12.5. The Kier molecular flexibility index (Phi) is 4.97. The van der Waals surface area contributed by atoms with Crippen molar-refractivity contribution >= 4 is 18.0 Å². The fourth-order valence-electron chi connectivity index (χ4n) is 3.44. The Labute approximate surface area is 146 Å². The number of rotatable bonds is 4. The molecule has 1 aliphatic carbocycles. The Bertz CT molecular complexity index is 702. The van der Waals surface area contributed by atoms with Crippen molar-refractivity contribution in [3.8, 4) is 11.5 Å². The van der Waals surface area contributed by atoms with Crippen LogP contribution >= 0.6 is 0 Å². The van der Waals surface area contributed by atoms with Gasteiger partial charge in [-0.2, -0.15) is 0 Å². The van der Waals surface area contributed by atoms with E-state index in [1.807, 2.05) is 0 Å². The van der Waals surface area contributed by atoms with Gasteiger partial charge in [0.05, 0.1) is 12.7 Å². The molecule has 2 aliphatic rings. The minimum absolute atomic E-state index is 0.126. The van der Waals surface area contributed by atoms with Gasteiger partial charge in [0, 0.05) is 5.56 Å². The Morgan fingerprint density at radius 2 is 1.92 bits per heavy atom. The van der Waals surface area contributed by atoms with Gasteiger partial charge >= 0.3 is 5.97 Å². The zero-order valence-corrected chi connectivity index (χ0v) is 14.3. The summed E-state index contributed by atoms with van der Waals surface area (Å²) >= 11 is 0. The number of fused-ring (bicyclic) bond motifs is 1. The quantitative estimate of drug-likeness (QED) is 0.820. The van der Waals surface area contributed by atoms with Crippen molar-refractivity contribution in [1.82, 2.24) is 5.32 Å². The lowest BCUT2D eigenvalue weighted by atomic mass is 9.89. The number of carbonyl (C=O) groups is 2. The molecule has 25 heavy (non-hydrogen) atoms. The lowest BCUT2D eigenvalue weighted by Gasteiger charge is -2.30. The molecule has 0 saturated heterocycles. The van der Waals surface area contributed by atoms with E-state index in [0.29, 0.717) is 29.9 Å². The van der Waals surface area contributed by atoms with Crippen LogP contribution in [-0.4, -0.2) is 36.2 Å². The van der Waals surface area contributed by atoms with E-state index >= 15 is 0 Å². The number of hydrogen-bond acceptors (Lipinski definition) is 4. The molecule has 1 amide bonds. The summed E-state index contributed by atoms with van der Waals surface area (Å²) in [6.07, 6.45) is 6.29. The zero-order chi connectivity index (χ0) is 17.9. The number of ether oxygens (including phenoxy) is 2. The van der Waals surface area contributed by atoms with E-state index < -0.39 is 11.5 Å². The minimum atomic E-state index is -1.18. The second-order valence-corrected chi connectivity index (χ2v) is 6.62. The van der Waals surface area contributed by atoms with E-state index in [-0.39, 0.29) is 12.5 Å². The van der Waals surface area contributed by atoms with Crippen LogP contribution in [-0.2, 0) is 9.59 Å². The van der Waals surface area contributed by atoms with Gasteiger partial charge in [0.15, 0.2) is 0 Å². The molecule has 1 aliphatic heterocycles. The molecule has 1 aromatic rings. The molecule has 1 fully saturated rings. The van der Waals surface area contributed by atoms with Crippen LogP contribution in [0.3, 0.4) is 0 Å². The van der Waals surface area contributed by atoms with E-state index in [4.69, 9.17) is 9.47 Å². The number of hydrogen-bond donors (Lipinski definition) is 2. The number of nitrogens with one attached hydrogen (secondary N) is 1.